The highest BCUT2D eigenvalue weighted by atomic mass is 35.5. The SMILES string of the molecule is O=C(O)c1ccc(CC(=O)C(CC2CC2F)c2ccc(-c3c(C(F)F)ccc(Cl)c3F)c[n+]2[O-])cc1. The van der Waals surface area contributed by atoms with Gasteiger partial charge >= 0.3 is 5.97 Å². The van der Waals surface area contributed by atoms with E-state index >= 15 is 0 Å². The predicted molar refractivity (Wildman–Crippen MR) is 123 cm³/mol. The van der Waals surface area contributed by atoms with Gasteiger partial charge in [0.2, 0.25) is 5.69 Å². The molecule has 2 aromatic carbocycles. The fourth-order valence-corrected chi connectivity index (χ4v) is 4.37. The van der Waals surface area contributed by atoms with Gasteiger partial charge in [-0.3, -0.25) is 4.79 Å². The Morgan fingerprint density at radius 1 is 1.11 bits per heavy atom. The predicted octanol–water partition coefficient (Wildman–Crippen LogP) is 6.06. The van der Waals surface area contributed by atoms with Crippen molar-refractivity contribution in [2.75, 3.05) is 0 Å². The van der Waals surface area contributed by atoms with E-state index in [2.05, 4.69) is 0 Å². The zero-order valence-electron chi connectivity index (χ0n) is 18.6. The molecule has 1 N–H and O–H groups in total. The molecule has 0 radical (unpaired) electrons. The number of carboxylic acids is 1. The highest BCUT2D eigenvalue weighted by Gasteiger charge is 2.42. The van der Waals surface area contributed by atoms with Gasteiger partial charge in [0.1, 0.15) is 17.9 Å². The molecule has 0 bridgehead atoms. The smallest absolute Gasteiger partial charge is 0.335 e. The zero-order chi connectivity index (χ0) is 26.1. The fraction of sp³-hybridized carbons (Fsp3) is 0.269. The van der Waals surface area contributed by atoms with Gasteiger partial charge in [-0.05, 0) is 48.6 Å². The van der Waals surface area contributed by atoms with E-state index in [9.17, 15) is 32.4 Å². The number of benzene rings is 2. The maximum Gasteiger partial charge on any atom is 0.335 e. The van der Waals surface area contributed by atoms with Gasteiger partial charge in [0.15, 0.2) is 12.0 Å². The Labute approximate surface area is 208 Å². The topological polar surface area (TPSA) is 81.3 Å². The Kier molecular flexibility index (Phi) is 7.31. The van der Waals surface area contributed by atoms with E-state index in [0.717, 1.165) is 18.3 Å². The lowest BCUT2D eigenvalue weighted by Crippen LogP contribution is -2.36. The van der Waals surface area contributed by atoms with Gasteiger partial charge in [0.05, 0.1) is 16.1 Å². The number of pyridine rings is 1. The Bertz CT molecular complexity index is 1320. The minimum atomic E-state index is -3.02. The third-order valence-corrected chi connectivity index (χ3v) is 6.59. The van der Waals surface area contributed by atoms with Crippen LogP contribution in [-0.4, -0.2) is 23.0 Å². The second-order valence-corrected chi connectivity index (χ2v) is 9.15. The molecule has 3 unspecified atom stereocenters. The van der Waals surface area contributed by atoms with Crippen molar-refractivity contribution in [2.24, 2.45) is 5.92 Å². The number of Topliss-reactive ketones (excluding diaryl/α,β-unsaturated/α-hetero) is 1. The van der Waals surface area contributed by atoms with E-state index in [4.69, 9.17) is 16.7 Å². The van der Waals surface area contributed by atoms with E-state index in [-0.39, 0.29) is 41.1 Å². The molecule has 0 saturated heterocycles. The average molecular weight is 522 g/mol. The Morgan fingerprint density at radius 3 is 2.33 bits per heavy atom. The van der Waals surface area contributed by atoms with E-state index in [1.165, 1.54) is 36.4 Å². The first-order valence-electron chi connectivity index (χ1n) is 11.0. The van der Waals surface area contributed by atoms with Crippen molar-refractivity contribution in [3.63, 3.8) is 0 Å². The summed E-state index contributed by atoms with van der Waals surface area (Å²) < 4.78 is 55.6. The van der Waals surface area contributed by atoms with Crippen LogP contribution in [0.3, 0.4) is 0 Å². The Hall–Kier alpha value is -3.46. The molecule has 1 aromatic heterocycles. The molecule has 5 nitrogen and oxygen atoms in total. The number of alkyl halides is 3. The van der Waals surface area contributed by atoms with Crippen molar-refractivity contribution in [3.05, 3.63) is 93.2 Å². The second kappa shape index (κ2) is 10.3. The highest BCUT2D eigenvalue weighted by Crippen LogP contribution is 2.42. The van der Waals surface area contributed by atoms with Gasteiger partial charge in [0, 0.05) is 23.6 Å². The number of ketones is 1. The molecule has 0 spiro atoms. The van der Waals surface area contributed by atoms with Crippen molar-refractivity contribution >= 4 is 23.4 Å². The summed E-state index contributed by atoms with van der Waals surface area (Å²) in [5.41, 5.74) is -0.758. The number of aromatic nitrogens is 1. The molecule has 1 fully saturated rings. The molecule has 1 heterocycles. The van der Waals surface area contributed by atoms with E-state index in [1.54, 1.807) is 0 Å². The standard InChI is InChI=1S/C26H20ClF4NO4/c27-19-7-6-17(25(30)31)23(24(19)29)15-5-8-21(32(36)12-15)18(10-16-11-20(16)28)22(33)9-13-1-3-14(4-2-13)26(34)35/h1-8,12,16,18,20,25H,9-11H2,(H,34,35). The molecule has 4 rings (SSSR count). The van der Waals surface area contributed by atoms with Crippen LogP contribution in [0.5, 0.6) is 0 Å². The van der Waals surface area contributed by atoms with Crippen LogP contribution in [0.4, 0.5) is 17.6 Å². The molecule has 0 aliphatic heterocycles. The second-order valence-electron chi connectivity index (χ2n) is 8.74. The molecule has 10 heteroatoms. The van der Waals surface area contributed by atoms with Crippen molar-refractivity contribution in [2.45, 2.75) is 37.8 Å². The van der Waals surface area contributed by atoms with Crippen LogP contribution in [0.15, 0.2) is 54.7 Å². The number of rotatable bonds is 9. The monoisotopic (exact) mass is 521 g/mol. The first-order chi connectivity index (χ1) is 17.1. The zero-order valence-corrected chi connectivity index (χ0v) is 19.4. The molecular formula is C26H20ClF4NO4. The van der Waals surface area contributed by atoms with Crippen LogP contribution < -0.4 is 4.73 Å². The van der Waals surface area contributed by atoms with Crippen molar-refractivity contribution < 1.29 is 37.0 Å². The number of hydrogen-bond donors (Lipinski definition) is 1. The Morgan fingerprint density at radius 2 is 1.78 bits per heavy atom. The number of carbonyl (C=O) groups excluding carboxylic acids is 1. The lowest BCUT2D eigenvalue weighted by molar-refractivity contribution is -0.614. The number of hydrogen-bond acceptors (Lipinski definition) is 3. The van der Waals surface area contributed by atoms with Crippen LogP contribution >= 0.6 is 11.6 Å². The summed E-state index contributed by atoms with van der Waals surface area (Å²) in [6.45, 7) is 0. The lowest BCUT2D eigenvalue weighted by Gasteiger charge is -2.17. The summed E-state index contributed by atoms with van der Waals surface area (Å²) in [4.78, 5) is 24.2. The highest BCUT2D eigenvalue weighted by molar-refractivity contribution is 6.31. The van der Waals surface area contributed by atoms with Gasteiger partial charge in [-0.1, -0.05) is 29.8 Å². The summed E-state index contributed by atoms with van der Waals surface area (Å²) in [6, 6.07) is 10.1. The lowest BCUT2D eigenvalue weighted by atomic mass is 9.89. The normalized spacial score (nSPS) is 17.7. The fourth-order valence-electron chi connectivity index (χ4n) is 4.21. The number of carbonyl (C=O) groups is 2. The molecule has 188 valence electrons. The van der Waals surface area contributed by atoms with Gasteiger partial charge in [-0.15, -0.1) is 0 Å². The average Bonchev–Trinajstić information content (AvgIpc) is 3.53. The molecule has 1 saturated carbocycles. The maximum absolute atomic E-state index is 14.7. The van der Waals surface area contributed by atoms with Crippen LogP contribution in [-0.2, 0) is 11.2 Å². The summed E-state index contributed by atoms with van der Waals surface area (Å²) in [6.07, 6.45) is -3.00. The molecule has 3 aromatic rings. The maximum atomic E-state index is 14.7. The largest absolute Gasteiger partial charge is 0.618 e. The number of halogens is 5. The van der Waals surface area contributed by atoms with E-state index < -0.39 is 53.1 Å². The molecular weight excluding hydrogens is 502 g/mol. The van der Waals surface area contributed by atoms with Crippen LogP contribution in [0.25, 0.3) is 11.1 Å². The third kappa shape index (κ3) is 5.36. The summed E-state index contributed by atoms with van der Waals surface area (Å²) in [5.74, 6) is -4.01. The third-order valence-electron chi connectivity index (χ3n) is 6.29. The number of nitrogens with zero attached hydrogens (tertiary/aromatic N) is 1. The summed E-state index contributed by atoms with van der Waals surface area (Å²) in [7, 11) is 0. The molecule has 36 heavy (non-hydrogen) atoms. The number of aromatic carboxylic acids is 1. The molecule has 1 aliphatic rings. The van der Waals surface area contributed by atoms with Gasteiger partial charge < -0.3 is 10.3 Å². The summed E-state index contributed by atoms with van der Waals surface area (Å²) in [5, 5.41) is 21.6. The minimum Gasteiger partial charge on any atom is -0.618 e. The van der Waals surface area contributed by atoms with Crippen LogP contribution in [0, 0.1) is 16.9 Å². The van der Waals surface area contributed by atoms with E-state index in [1.807, 2.05) is 0 Å². The van der Waals surface area contributed by atoms with Crippen molar-refractivity contribution in [3.8, 4) is 11.1 Å². The minimum absolute atomic E-state index is 0.0222. The van der Waals surface area contributed by atoms with Gasteiger partial charge in [-0.25, -0.2) is 22.4 Å². The molecule has 3 atom stereocenters. The molecule has 0 amide bonds. The summed E-state index contributed by atoms with van der Waals surface area (Å²) >= 11 is 5.77. The van der Waals surface area contributed by atoms with Crippen LogP contribution in [0.1, 0.15) is 52.4 Å². The van der Waals surface area contributed by atoms with Gasteiger partial charge in [-0.2, -0.15) is 4.73 Å². The van der Waals surface area contributed by atoms with E-state index in [0.29, 0.717) is 10.3 Å². The number of carboxylic acid groups (broad SMARTS) is 1. The first-order valence-corrected chi connectivity index (χ1v) is 11.4. The Balaban J connectivity index is 1.67. The van der Waals surface area contributed by atoms with Crippen molar-refractivity contribution in [1.82, 2.24) is 0 Å². The van der Waals surface area contributed by atoms with Crippen molar-refractivity contribution in [1.29, 1.82) is 0 Å². The quantitative estimate of drug-likeness (QED) is 0.211. The van der Waals surface area contributed by atoms with Crippen LogP contribution in [0.2, 0.25) is 5.02 Å². The first kappa shape index (κ1) is 25.6. The van der Waals surface area contributed by atoms with Gasteiger partial charge in [0.25, 0.3) is 6.43 Å². The molecule has 1 aliphatic carbocycles.